The molecule has 56 heavy (non-hydrogen) atoms. The zero-order valence-electron chi connectivity index (χ0n) is 36.3. The normalized spacial score (nSPS) is 13.7. The zero-order valence-corrected chi connectivity index (χ0v) is 37.2. The third-order valence-corrected chi connectivity index (χ3v) is 10.7. The van der Waals surface area contributed by atoms with Crippen LogP contribution in [0.25, 0.3) is 0 Å². The van der Waals surface area contributed by atoms with E-state index in [2.05, 4.69) is 50.3 Å². The molecule has 0 aromatic rings. The van der Waals surface area contributed by atoms with Crippen molar-refractivity contribution in [3.63, 3.8) is 0 Å². The molecular weight excluding hydrogens is 723 g/mol. The van der Waals surface area contributed by atoms with E-state index >= 15 is 0 Å². The van der Waals surface area contributed by atoms with E-state index in [9.17, 15) is 19.0 Å². The molecule has 0 aromatic carbocycles. The molecule has 1 N–H and O–H groups in total. The van der Waals surface area contributed by atoms with Gasteiger partial charge in [0.15, 0.2) is 6.10 Å². The van der Waals surface area contributed by atoms with Crippen LogP contribution >= 0.6 is 7.82 Å². The lowest BCUT2D eigenvalue weighted by atomic mass is 10.0. The lowest BCUT2D eigenvalue weighted by Gasteiger charge is -2.19. The monoisotopic (exact) mass is 809 g/mol. The zero-order chi connectivity index (χ0) is 41.1. The molecule has 9 heteroatoms. The van der Waals surface area contributed by atoms with E-state index < -0.39 is 26.5 Å². The van der Waals surface area contributed by atoms with Gasteiger partial charge in [-0.3, -0.25) is 18.6 Å². The van der Waals surface area contributed by atoms with Crippen molar-refractivity contribution in [2.75, 3.05) is 19.8 Å². The Morgan fingerprint density at radius 2 is 0.911 bits per heavy atom. The molecule has 0 amide bonds. The van der Waals surface area contributed by atoms with E-state index in [0.717, 1.165) is 44.9 Å². The van der Waals surface area contributed by atoms with E-state index in [-0.39, 0.29) is 32.0 Å². The summed E-state index contributed by atoms with van der Waals surface area (Å²) in [6, 6.07) is 0. The molecule has 8 nitrogen and oxygen atoms in total. The Morgan fingerprint density at radius 3 is 1.34 bits per heavy atom. The van der Waals surface area contributed by atoms with Gasteiger partial charge in [0.2, 0.25) is 0 Å². The fourth-order valence-electron chi connectivity index (χ4n) is 6.35. The van der Waals surface area contributed by atoms with Gasteiger partial charge in [-0.1, -0.05) is 204 Å². The van der Waals surface area contributed by atoms with Gasteiger partial charge in [0, 0.05) is 12.8 Å². The minimum atomic E-state index is -4.30. The van der Waals surface area contributed by atoms with Crippen LogP contribution in [-0.4, -0.2) is 42.8 Å². The maximum atomic E-state index is 12.5. The first kappa shape index (κ1) is 54.0. The van der Waals surface area contributed by atoms with Crippen molar-refractivity contribution in [3.8, 4) is 0 Å². The van der Waals surface area contributed by atoms with Crippen molar-refractivity contribution >= 4 is 19.8 Å². The number of carbonyl (C=O) groups is 2. The molecular formula is C47H85O8P. The Labute approximate surface area is 344 Å². The molecule has 0 heterocycles. The highest BCUT2D eigenvalue weighted by molar-refractivity contribution is 7.47. The van der Waals surface area contributed by atoms with Crippen LogP contribution in [0.2, 0.25) is 0 Å². The number of esters is 2. The number of phosphoric ester groups is 1. The van der Waals surface area contributed by atoms with Crippen molar-refractivity contribution in [1.82, 2.24) is 0 Å². The maximum Gasteiger partial charge on any atom is 0.472 e. The first-order valence-electron chi connectivity index (χ1n) is 22.9. The first-order valence-corrected chi connectivity index (χ1v) is 24.4. The van der Waals surface area contributed by atoms with Crippen molar-refractivity contribution in [1.29, 1.82) is 0 Å². The minimum absolute atomic E-state index is 0.0123. The summed E-state index contributed by atoms with van der Waals surface area (Å²) in [5.74, 6) is -0.887. The summed E-state index contributed by atoms with van der Waals surface area (Å²) in [5.41, 5.74) is 0. The third kappa shape index (κ3) is 41.6. The van der Waals surface area contributed by atoms with Gasteiger partial charge in [-0.15, -0.1) is 0 Å². The van der Waals surface area contributed by atoms with Gasteiger partial charge in [0.05, 0.1) is 13.2 Å². The summed E-state index contributed by atoms with van der Waals surface area (Å²) in [6.07, 6.45) is 50.6. The molecule has 0 aliphatic carbocycles. The molecule has 326 valence electrons. The summed E-state index contributed by atoms with van der Waals surface area (Å²) in [7, 11) is -4.30. The van der Waals surface area contributed by atoms with E-state index in [0.29, 0.717) is 6.42 Å². The minimum Gasteiger partial charge on any atom is -0.462 e. The number of unbranched alkanes of at least 4 members (excludes halogenated alkanes) is 22. The summed E-state index contributed by atoms with van der Waals surface area (Å²) in [4.78, 5) is 34.7. The van der Waals surface area contributed by atoms with Crippen molar-refractivity contribution in [2.45, 2.75) is 219 Å². The summed E-state index contributed by atoms with van der Waals surface area (Å²) < 4.78 is 32.6. The molecule has 0 spiro atoms. The SMILES string of the molecule is CC/C=C\C/C=C\C/C=C\C/C=C\CCC(=O)OC(COC(=O)CCCCCCCCCCCCCCCCCCCCCCCCC)COP(=O)(O)OCC. The van der Waals surface area contributed by atoms with E-state index in [1.54, 1.807) is 6.92 Å². The third-order valence-electron chi connectivity index (χ3n) is 9.66. The first-order chi connectivity index (χ1) is 27.3. The molecule has 0 bridgehead atoms. The lowest BCUT2D eigenvalue weighted by Crippen LogP contribution is -2.29. The number of hydrogen-bond donors (Lipinski definition) is 1. The molecule has 0 rings (SSSR count). The van der Waals surface area contributed by atoms with Gasteiger partial charge in [0.1, 0.15) is 6.61 Å². The van der Waals surface area contributed by atoms with Crippen molar-refractivity contribution < 1.29 is 37.6 Å². The van der Waals surface area contributed by atoms with Crippen LogP contribution in [0.3, 0.4) is 0 Å². The Morgan fingerprint density at radius 1 is 0.500 bits per heavy atom. The second kappa shape index (κ2) is 42.6. The molecule has 0 fully saturated rings. The standard InChI is InChI=1S/C47H85O8P/c1-4-7-9-11-13-15-17-19-20-21-22-23-24-25-26-27-28-30-31-33-35-37-39-41-46(48)52-43-45(44-54-56(50,51)53-6-3)55-47(49)42-40-38-36-34-32-29-18-16-14-12-10-8-5-2/h8,10,14,16,29,32,36,38,45H,4-7,9,11-13,15,17-28,30-31,33-35,37,39-44H2,1-3H3,(H,50,51)/b10-8-,16-14-,32-29-,38-36-. The Balaban J connectivity index is 4.00. The number of hydrogen-bond acceptors (Lipinski definition) is 7. The van der Waals surface area contributed by atoms with Crippen LogP contribution in [0.5, 0.6) is 0 Å². The van der Waals surface area contributed by atoms with E-state index in [1.807, 2.05) is 12.2 Å². The average molecular weight is 809 g/mol. The van der Waals surface area contributed by atoms with Crippen LogP contribution in [0, 0.1) is 0 Å². The second-order valence-corrected chi connectivity index (χ2v) is 16.5. The molecule has 2 atom stereocenters. The van der Waals surface area contributed by atoms with Crippen LogP contribution in [0.1, 0.15) is 213 Å². The summed E-state index contributed by atoms with van der Waals surface area (Å²) >= 11 is 0. The highest BCUT2D eigenvalue weighted by atomic mass is 31.2. The highest BCUT2D eigenvalue weighted by Crippen LogP contribution is 2.43. The van der Waals surface area contributed by atoms with Crippen LogP contribution in [-0.2, 0) is 32.7 Å². The predicted molar refractivity (Wildman–Crippen MR) is 235 cm³/mol. The second-order valence-electron chi connectivity index (χ2n) is 15.0. The lowest BCUT2D eigenvalue weighted by molar-refractivity contribution is -0.161. The van der Waals surface area contributed by atoms with Gasteiger partial charge in [0.25, 0.3) is 0 Å². The number of phosphoric acid groups is 1. The van der Waals surface area contributed by atoms with Gasteiger partial charge in [-0.25, -0.2) is 4.57 Å². The summed E-state index contributed by atoms with van der Waals surface area (Å²) in [6.45, 7) is 5.29. The van der Waals surface area contributed by atoms with Gasteiger partial charge in [-0.05, 0) is 45.4 Å². The number of allylic oxidation sites excluding steroid dienone is 8. The van der Waals surface area contributed by atoms with Crippen LogP contribution < -0.4 is 0 Å². The van der Waals surface area contributed by atoms with E-state index in [1.165, 1.54) is 128 Å². The van der Waals surface area contributed by atoms with Gasteiger partial charge < -0.3 is 14.4 Å². The quantitative estimate of drug-likeness (QED) is 0.0281. The highest BCUT2D eigenvalue weighted by Gasteiger charge is 2.25. The molecule has 0 aromatic heterocycles. The van der Waals surface area contributed by atoms with Gasteiger partial charge in [-0.2, -0.15) is 0 Å². The Kier molecular flexibility index (Phi) is 41.1. The molecule has 2 unspecified atom stereocenters. The van der Waals surface area contributed by atoms with Crippen LogP contribution in [0.4, 0.5) is 0 Å². The topological polar surface area (TPSA) is 108 Å². The van der Waals surface area contributed by atoms with Crippen molar-refractivity contribution in [3.05, 3.63) is 48.6 Å². The number of rotatable bonds is 42. The molecule has 0 saturated carbocycles. The van der Waals surface area contributed by atoms with Crippen LogP contribution in [0.15, 0.2) is 48.6 Å². The Bertz CT molecular complexity index is 1050. The molecule has 0 aliphatic heterocycles. The van der Waals surface area contributed by atoms with Crippen molar-refractivity contribution in [2.24, 2.45) is 0 Å². The summed E-state index contributed by atoms with van der Waals surface area (Å²) in [5, 5.41) is 0. The maximum absolute atomic E-state index is 12.5. The fraction of sp³-hybridized carbons (Fsp3) is 0.787. The average Bonchev–Trinajstić information content (AvgIpc) is 3.18. The number of ether oxygens (including phenoxy) is 2. The Hall–Kier alpha value is -1.99. The molecule has 0 aliphatic rings. The van der Waals surface area contributed by atoms with Gasteiger partial charge >= 0.3 is 19.8 Å². The molecule has 0 saturated heterocycles. The fourth-order valence-corrected chi connectivity index (χ4v) is 7.11. The van der Waals surface area contributed by atoms with E-state index in [4.69, 9.17) is 18.5 Å². The predicted octanol–water partition coefficient (Wildman–Crippen LogP) is 14.6. The number of carbonyl (C=O) groups excluding carboxylic acids is 2. The largest absolute Gasteiger partial charge is 0.472 e. The smallest absolute Gasteiger partial charge is 0.462 e. The molecule has 0 radical (unpaired) electrons.